The maximum absolute atomic E-state index is 11.9. The summed E-state index contributed by atoms with van der Waals surface area (Å²) in [6.07, 6.45) is 0.00644. The van der Waals surface area contributed by atoms with Gasteiger partial charge in [-0.15, -0.1) is 0 Å². The number of ether oxygens (including phenoxy) is 1. The number of hydrazone groups is 1. The number of hydrogen-bond acceptors (Lipinski definition) is 8. The molecule has 1 atom stereocenters. The first-order valence-corrected chi connectivity index (χ1v) is 6.85. The van der Waals surface area contributed by atoms with E-state index >= 15 is 0 Å². The van der Waals surface area contributed by atoms with Gasteiger partial charge in [0.2, 0.25) is 0 Å². The Kier molecular flexibility index (Phi) is 5.40. The molecule has 0 saturated carbocycles. The zero-order valence-electron chi connectivity index (χ0n) is 12.8. The Balaban J connectivity index is 1.95. The van der Waals surface area contributed by atoms with Crippen molar-refractivity contribution in [2.24, 2.45) is 5.10 Å². The summed E-state index contributed by atoms with van der Waals surface area (Å²) in [5.74, 6) is -1.11. The summed E-state index contributed by atoms with van der Waals surface area (Å²) in [6, 6.07) is 8.08. The normalized spacial score (nSPS) is 11.9. The zero-order valence-corrected chi connectivity index (χ0v) is 12.8. The van der Waals surface area contributed by atoms with Crippen molar-refractivity contribution in [3.8, 4) is 5.75 Å². The molecule has 0 spiro atoms. The molecule has 1 amide bonds. The standard InChI is InChI=1S/C14H12N4O7/c1-9(24-12-5-3-2-4-11(12)17(20)21)14(19)16-15-8-10-6-7-13(25-10)18(22)23/h2-9H,1H3,(H,16,19)/t9-/m1/s1. The van der Waals surface area contributed by atoms with Crippen LogP contribution in [0.25, 0.3) is 0 Å². The largest absolute Gasteiger partial charge is 0.474 e. The van der Waals surface area contributed by atoms with Gasteiger partial charge in [0.15, 0.2) is 17.6 Å². The number of hydrogen-bond donors (Lipinski definition) is 1. The van der Waals surface area contributed by atoms with E-state index in [2.05, 4.69) is 10.5 Å². The summed E-state index contributed by atoms with van der Waals surface area (Å²) in [5.41, 5.74) is 1.87. The fraction of sp³-hybridized carbons (Fsp3) is 0.143. The number of amides is 1. The van der Waals surface area contributed by atoms with E-state index in [1.54, 1.807) is 0 Å². The molecular weight excluding hydrogens is 336 g/mol. The number of nitro groups is 2. The molecule has 0 aliphatic heterocycles. The van der Waals surface area contributed by atoms with Gasteiger partial charge in [0.05, 0.1) is 17.2 Å². The number of furan rings is 1. The third kappa shape index (κ3) is 4.60. The van der Waals surface area contributed by atoms with Crippen molar-refractivity contribution in [2.45, 2.75) is 13.0 Å². The summed E-state index contributed by atoms with van der Waals surface area (Å²) in [5, 5.41) is 24.9. The van der Waals surface area contributed by atoms with Gasteiger partial charge in [-0.25, -0.2) is 5.43 Å². The van der Waals surface area contributed by atoms with Gasteiger partial charge in [0.25, 0.3) is 5.91 Å². The number of nitro benzene ring substituents is 1. The number of rotatable bonds is 7. The number of carbonyl (C=O) groups is 1. The lowest BCUT2D eigenvalue weighted by molar-refractivity contribution is -0.402. The molecule has 11 nitrogen and oxygen atoms in total. The van der Waals surface area contributed by atoms with Crippen molar-refractivity contribution in [3.63, 3.8) is 0 Å². The number of benzene rings is 1. The topological polar surface area (TPSA) is 150 Å². The fourth-order valence-electron chi connectivity index (χ4n) is 1.71. The van der Waals surface area contributed by atoms with E-state index in [1.165, 1.54) is 37.3 Å². The summed E-state index contributed by atoms with van der Waals surface area (Å²) in [4.78, 5) is 31.9. The highest BCUT2D eigenvalue weighted by Crippen LogP contribution is 2.26. The van der Waals surface area contributed by atoms with Crippen LogP contribution in [0, 0.1) is 20.2 Å². The summed E-state index contributed by atoms with van der Waals surface area (Å²) in [6.45, 7) is 1.39. The van der Waals surface area contributed by atoms with Crippen LogP contribution in [0.5, 0.6) is 5.75 Å². The van der Waals surface area contributed by atoms with Crippen molar-refractivity contribution in [1.29, 1.82) is 0 Å². The second kappa shape index (κ2) is 7.68. The first-order valence-electron chi connectivity index (χ1n) is 6.85. The quantitative estimate of drug-likeness (QED) is 0.456. The Morgan fingerprint density at radius 2 is 1.96 bits per heavy atom. The minimum Gasteiger partial charge on any atom is -0.474 e. The Hall–Kier alpha value is -3.76. The highest BCUT2D eigenvalue weighted by atomic mass is 16.6. The van der Waals surface area contributed by atoms with Crippen LogP contribution < -0.4 is 10.2 Å². The predicted molar refractivity (Wildman–Crippen MR) is 84.3 cm³/mol. The van der Waals surface area contributed by atoms with Crippen LogP contribution in [-0.2, 0) is 4.79 Å². The molecular formula is C14H12N4O7. The van der Waals surface area contributed by atoms with Crippen LogP contribution in [0.1, 0.15) is 12.7 Å². The molecule has 25 heavy (non-hydrogen) atoms. The van der Waals surface area contributed by atoms with Crippen LogP contribution in [0.2, 0.25) is 0 Å². The average molecular weight is 348 g/mol. The van der Waals surface area contributed by atoms with Crippen LogP contribution in [0.15, 0.2) is 45.9 Å². The molecule has 1 aromatic carbocycles. The molecule has 2 rings (SSSR count). The van der Waals surface area contributed by atoms with Crippen molar-refractivity contribution >= 4 is 23.7 Å². The number of nitrogens with zero attached hydrogens (tertiary/aromatic N) is 3. The van der Waals surface area contributed by atoms with Gasteiger partial charge in [-0.1, -0.05) is 12.1 Å². The van der Waals surface area contributed by atoms with E-state index in [0.717, 1.165) is 12.3 Å². The van der Waals surface area contributed by atoms with Gasteiger partial charge in [0, 0.05) is 6.07 Å². The number of para-hydroxylation sites is 2. The van der Waals surface area contributed by atoms with E-state index in [-0.39, 0.29) is 17.2 Å². The fourth-order valence-corrected chi connectivity index (χ4v) is 1.71. The first kappa shape index (κ1) is 17.6. The molecule has 0 saturated heterocycles. The van der Waals surface area contributed by atoms with Crippen LogP contribution in [0.4, 0.5) is 11.6 Å². The van der Waals surface area contributed by atoms with Gasteiger partial charge in [-0.3, -0.25) is 25.0 Å². The highest BCUT2D eigenvalue weighted by Gasteiger charge is 2.20. The summed E-state index contributed by atoms with van der Waals surface area (Å²) < 4.78 is 10.1. The minimum absolute atomic E-state index is 0.0548. The molecule has 0 bridgehead atoms. The number of nitrogens with one attached hydrogen (secondary N) is 1. The number of carbonyl (C=O) groups excluding carboxylic acids is 1. The van der Waals surface area contributed by atoms with E-state index in [1.807, 2.05) is 0 Å². The molecule has 0 aliphatic rings. The maximum atomic E-state index is 11.9. The van der Waals surface area contributed by atoms with Crippen molar-refractivity contribution < 1.29 is 23.8 Å². The third-order valence-corrected chi connectivity index (χ3v) is 2.89. The van der Waals surface area contributed by atoms with Crippen LogP contribution >= 0.6 is 0 Å². The molecule has 130 valence electrons. The van der Waals surface area contributed by atoms with Crippen LogP contribution in [-0.4, -0.2) is 28.1 Å². The molecule has 0 unspecified atom stereocenters. The van der Waals surface area contributed by atoms with Gasteiger partial charge in [0.1, 0.15) is 4.92 Å². The highest BCUT2D eigenvalue weighted by molar-refractivity contribution is 5.83. The minimum atomic E-state index is -1.07. The van der Waals surface area contributed by atoms with E-state index in [9.17, 15) is 25.0 Å². The Labute approximate surface area is 140 Å². The second-order valence-electron chi connectivity index (χ2n) is 4.65. The lowest BCUT2D eigenvalue weighted by Gasteiger charge is -2.12. The zero-order chi connectivity index (χ0) is 18.4. The van der Waals surface area contributed by atoms with E-state index in [0.29, 0.717) is 0 Å². The van der Waals surface area contributed by atoms with Crippen molar-refractivity contribution in [2.75, 3.05) is 0 Å². The first-order chi connectivity index (χ1) is 11.9. The lowest BCUT2D eigenvalue weighted by atomic mass is 10.3. The second-order valence-corrected chi connectivity index (χ2v) is 4.65. The van der Waals surface area contributed by atoms with Gasteiger partial charge in [-0.05, 0) is 19.1 Å². The van der Waals surface area contributed by atoms with E-state index in [4.69, 9.17) is 9.15 Å². The van der Waals surface area contributed by atoms with Gasteiger partial charge < -0.3 is 9.15 Å². The van der Waals surface area contributed by atoms with Gasteiger partial charge >= 0.3 is 11.6 Å². The lowest BCUT2D eigenvalue weighted by Crippen LogP contribution is -2.33. The maximum Gasteiger partial charge on any atom is 0.433 e. The van der Waals surface area contributed by atoms with Crippen molar-refractivity contribution in [3.05, 3.63) is 62.4 Å². The summed E-state index contributed by atoms with van der Waals surface area (Å²) >= 11 is 0. The summed E-state index contributed by atoms with van der Waals surface area (Å²) in [7, 11) is 0. The SMILES string of the molecule is C[C@@H](Oc1ccccc1[N+](=O)[O-])C(=O)NN=Cc1ccc([N+](=O)[O-])o1. The van der Waals surface area contributed by atoms with Gasteiger partial charge in [-0.2, -0.15) is 5.10 Å². The van der Waals surface area contributed by atoms with Crippen LogP contribution in [0.3, 0.4) is 0 Å². The molecule has 0 aliphatic carbocycles. The molecule has 1 aromatic heterocycles. The molecule has 2 aromatic rings. The third-order valence-electron chi connectivity index (χ3n) is 2.89. The molecule has 0 fully saturated rings. The smallest absolute Gasteiger partial charge is 0.433 e. The average Bonchev–Trinajstić information content (AvgIpc) is 3.04. The van der Waals surface area contributed by atoms with Crippen molar-refractivity contribution in [1.82, 2.24) is 5.43 Å². The van der Waals surface area contributed by atoms with E-state index < -0.39 is 27.7 Å². The molecule has 1 N–H and O–H groups in total. The monoisotopic (exact) mass is 348 g/mol. The Morgan fingerprint density at radius 3 is 2.60 bits per heavy atom. The Morgan fingerprint density at radius 1 is 1.24 bits per heavy atom. The molecule has 0 radical (unpaired) electrons. The molecule has 1 heterocycles. The predicted octanol–water partition coefficient (Wildman–Crippen LogP) is 2.01. The Bertz CT molecular complexity index is 830. The molecule has 11 heteroatoms.